The van der Waals surface area contributed by atoms with Crippen LogP contribution in [0, 0.1) is 6.92 Å². The molecule has 0 saturated carbocycles. The number of aryl methyl sites for hydroxylation is 1. The first-order valence-electron chi connectivity index (χ1n) is 9.60. The molecule has 10 nitrogen and oxygen atoms in total. The lowest BCUT2D eigenvalue weighted by atomic mass is 10.2. The first-order valence-corrected chi connectivity index (χ1v) is 9.60. The van der Waals surface area contributed by atoms with Gasteiger partial charge in [0.05, 0.1) is 24.8 Å². The molecule has 0 amide bonds. The smallest absolute Gasteiger partial charge is 0.227 e. The van der Waals surface area contributed by atoms with Crippen LogP contribution in [0.2, 0.25) is 0 Å². The number of fused-ring (bicyclic) bond motifs is 1. The monoisotopic (exact) mass is 381 g/mol. The van der Waals surface area contributed by atoms with Gasteiger partial charge >= 0.3 is 0 Å². The van der Waals surface area contributed by atoms with Crippen molar-refractivity contribution in [2.45, 2.75) is 6.92 Å². The third-order valence-corrected chi connectivity index (χ3v) is 5.25. The van der Waals surface area contributed by atoms with Gasteiger partial charge < -0.3 is 19.4 Å². The lowest BCUT2D eigenvalue weighted by Gasteiger charge is -2.36. The van der Waals surface area contributed by atoms with Crippen LogP contribution in [-0.2, 0) is 4.74 Å². The van der Waals surface area contributed by atoms with Crippen molar-refractivity contribution in [2.24, 2.45) is 0 Å². The molecule has 0 bridgehead atoms. The van der Waals surface area contributed by atoms with Gasteiger partial charge in [-0.3, -0.25) is 5.10 Å². The summed E-state index contributed by atoms with van der Waals surface area (Å²) in [6, 6.07) is 2.07. The van der Waals surface area contributed by atoms with Gasteiger partial charge in [-0.15, -0.1) is 0 Å². The zero-order chi connectivity index (χ0) is 18.9. The predicted molar refractivity (Wildman–Crippen MR) is 106 cm³/mol. The minimum Gasteiger partial charge on any atom is -0.378 e. The highest BCUT2D eigenvalue weighted by atomic mass is 16.5. The molecule has 0 atom stereocenters. The van der Waals surface area contributed by atoms with Crippen molar-refractivity contribution < 1.29 is 4.74 Å². The topological polar surface area (TPSA) is 99.2 Å². The second kappa shape index (κ2) is 7.19. The number of rotatable bonds is 3. The number of aromatic nitrogens is 6. The van der Waals surface area contributed by atoms with Gasteiger partial charge in [-0.05, 0) is 6.92 Å². The summed E-state index contributed by atoms with van der Waals surface area (Å²) in [6.45, 7) is 8.66. The number of H-pyrrole nitrogens is 1. The molecule has 0 radical (unpaired) electrons. The number of nitrogens with zero attached hydrogens (tertiary/aromatic N) is 8. The van der Waals surface area contributed by atoms with Gasteiger partial charge in [-0.25, -0.2) is 15.0 Å². The van der Waals surface area contributed by atoms with Crippen molar-refractivity contribution in [1.82, 2.24) is 30.1 Å². The minimum absolute atomic E-state index is 0.729. The highest BCUT2D eigenvalue weighted by molar-refractivity contribution is 5.86. The Hall–Kier alpha value is -3.01. The second-order valence-electron chi connectivity index (χ2n) is 7.07. The van der Waals surface area contributed by atoms with Crippen LogP contribution in [0.15, 0.2) is 18.6 Å². The van der Waals surface area contributed by atoms with Gasteiger partial charge in [-0.1, -0.05) is 0 Å². The maximum atomic E-state index is 5.45. The van der Waals surface area contributed by atoms with Crippen molar-refractivity contribution in [1.29, 1.82) is 0 Å². The summed E-state index contributed by atoms with van der Waals surface area (Å²) in [5, 5.41) is 7.96. The largest absolute Gasteiger partial charge is 0.378 e. The van der Waals surface area contributed by atoms with E-state index in [1.807, 2.05) is 6.92 Å². The summed E-state index contributed by atoms with van der Waals surface area (Å²) in [7, 11) is 0. The fourth-order valence-electron chi connectivity index (χ4n) is 3.75. The number of hydrogen-bond acceptors (Lipinski definition) is 9. The Balaban J connectivity index is 1.33. The van der Waals surface area contributed by atoms with E-state index in [4.69, 9.17) is 9.72 Å². The van der Waals surface area contributed by atoms with E-state index in [0.717, 1.165) is 86.8 Å². The Bertz CT molecular complexity index is 961. The average molecular weight is 381 g/mol. The lowest BCUT2D eigenvalue weighted by Crippen LogP contribution is -2.47. The molecule has 3 aromatic heterocycles. The Morgan fingerprint density at radius 3 is 2.54 bits per heavy atom. The van der Waals surface area contributed by atoms with E-state index in [0.29, 0.717) is 0 Å². The molecule has 2 aliphatic heterocycles. The van der Waals surface area contributed by atoms with E-state index < -0.39 is 0 Å². The van der Waals surface area contributed by atoms with Crippen molar-refractivity contribution >= 4 is 28.6 Å². The van der Waals surface area contributed by atoms with E-state index in [1.54, 1.807) is 12.5 Å². The van der Waals surface area contributed by atoms with Crippen LogP contribution in [-0.4, -0.2) is 82.6 Å². The highest BCUT2D eigenvalue weighted by Gasteiger charge is 2.23. The van der Waals surface area contributed by atoms with E-state index in [-0.39, 0.29) is 0 Å². The van der Waals surface area contributed by atoms with Crippen LogP contribution in [0.5, 0.6) is 0 Å². The summed E-state index contributed by atoms with van der Waals surface area (Å²) in [5.41, 5.74) is 1.76. The number of ether oxygens (including phenoxy) is 1. The molecule has 0 aliphatic carbocycles. The van der Waals surface area contributed by atoms with Gasteiger partial charge in [0, 0.05) is 51.0 Å². The number of hydrogen-bond donors (Lipinski definition) is 1. The van der Waals surface area contributed by atoms with Crippen molar-refractivity contribution in [3.05, 3.63) is 24.3 Å². The van der Waals surface area contributed by atoms with Gasteiger partial charge in [0.15, 0.2) is 5.65 Å². The van der Waals surface area contributed by atoms with E-state index in [1.165, 1.54) is 0 Å². The predicted octanol–water partition coefficient (Wildman–Crippen LogP) is 0.615. The molecule has 0 spiro atoms. The third kappa shape index (κ3) is 3.19. The summed E-state index contributed by atoms with van der Waals surface area (Å²) in [6.07, 6.45) is 3.38. The van der Waals surface area contributed by atoms with E-state index in [9.17, 15) is 0 Å². The molecule has 2 saturated heterocycles. The van der Waals surface area contributed by atoms with E-state index in [2.05, 4.69) is 45.9 Å². The molecule has 0 unspecified atom stereocenters. The normalized spacial score (nSPS) is 18.1. The first-order chi connectivity index (χ1) is 13.8. The number of anilines is 3. The summed E-state index contributed by atoms with van der Waals surface area (Å²) >= 11 is 0. The van der Waals surface area contributed by atoms with Gasteiger partial charge in [0.25, 0.3) is 0 Å². The molecule has 10 heteroatoms. The zero-order valence-corrected chi connectivity index (χ0v) is 15.9. The molecule has 5 rings (SSSR count). The zero-order valence-electron chi connectivity index (χ0n) is 15.9. The minimum atomic E-state index is 0.729. The van der Waals surface area contributed by atoms with Gasteiger partial charge in [0.2, 0.25) is 5.95 Å². The van der Waals surface area contributed by atoms with Crippen LogP contribution in [0.25, 0.3) is 11.0 Å². The Kier molecular flexibility index (Phi) is 4.40. The van der Waals surface area contributed by atoms with E-state index >= 15 is 0 Å². The van der Waals surface area contributed by atoms with Crippen LogP contribution >= 0.6 is 0 Å². The molecule has 2 aliphatic rings. The van der Waals surface area contributed by atoms with Crippen LogP contribution in [0.1, 0.15) is 5.69 Å². The quantitative estimate of drug-likeness (QED) is 0.700. The number of nitrogens with one attached hydrogen (secondary N) is 1. The second-order valence-corrected chi connectivity index (χ2v) is 7.07. The first kappa shape index (κ1) is 17.1. The molecule has 2 fully saturated rings. The Morgan fingerprint density at radius 1 is 0.929 bits per heavy atom. The maximum absolute atomic E-state index is 5.45. The fraction of sp³-hybridized carbons (Fsp3) is 0.500. The fourth-order valence-corrected chi connectivity index (χ4v) is 3.75. The molecular weight excluding hydrogens is 358 g/mol. The number of morpholine rings is 1. The SMILES string of the molecule is Cc1cc(N2CCN(c3ncnc4[nH]ncc34)CC2)nc(N2CCOCC2)n1. The van der Waals surface area contributed by atoms with Crippen molar-refractivity contribution in [2.75, 3.05) is 67.2 Å². The Morgan fingerprint density at radius 2 is 1.71 bits per heavy atom. The lowest BCUT2D eigenvalue weighted by molar-refractivity contribution is 0.122. The number of piperazine rings is 1. The highest BCUT2D eigenvalue weighted by Crippen LogP contribution is 2.24. The molecule has 5 heterocycles. The van der Waals surface area contributed by atoms with Crippen LogP contribution in [0.3, 0.4) is 0 Å². The van der Waals surface area contributed by atoms with Crippen LogP contribution in [0.4, 0.5) is 17.6 Å². The summed E-state index contributed by atoms with van der Waals surface area (Å²) in [5.74, 6) is 2.73. The molecule has 3 aromatic rings. The van der Waals surface area contributed by atoms with Gasteiger partial charge in [0.1, 0.15) is 18.0 Å². The number of aromatic amines is 1. The molecule has 146 valence electrons. The molecule has 28 heavy (non-hydrogen) atoms. The maximum Gasteiger partial charge on any atom is 0.227 e. The van der Waals surface area contributed by atoms with Crippen LogP contribution < -0.4 is 14.7 Å². The van der Waals surface area contributed by atoms with Gasteiger partial charge in [-0.2, -0.15) is 10.1 Å². The molecular formula is C18H23N9O. The summed E-state index contributed by atoms with van der Waals surface area (Å²) in [4.78, 5) is 25.0. The average Bonchev–Trinajstić information content (AvgIpc) is 3.23. The molecule has 0 aromatic carbocycles. The van der Waals surface area contributed by atoms with Crippen molar-refractivity contribution in [3.63, 3.8) is 0 Å². The standard InChI is InChI=1S/C18H23N9O/c1-13-10-15(23-18(22-13)27-6-8-28-9-7-27)25-2-4-26(5-3-25)17-14-11-21-24-16(14)19-12-20-17/h10-12H,2-9H2,1H3,(H,19,20,21,24). The summed E-state index contributed by atoms with van der Waals surface area (Å²) < 4.78 is 5.45. The molecule has 1 N–H and O–H groups in total. The Labute approximate surface area is 162 Å². The third-order valence-electron chi connectivity index (χ3n) is 5.25. The van der Waals surface area contributed by atoms with Crippen molar-refractivity contribution in [3.8, 4) is 0 Å².